The SMILES string of the molecule is CC1(CC(=O)N/N=C\c2ccc(OCc3cccc(Cl)c3)cc2)OCCO1. The van der Waals surface area contributed by atoms with Crippen molar-refractivity contribution in [1.29, 1.82) is 0 Å². The average Bonchev–Trinajstić information content (AvgIpc) is 3.07. The number of benzene rings is 2. The van der Waals surface area contributed by atoms with Crippen LogP contribution >= 0.6 is 11.6 Å². The molecular weight excluding hydrogens is 368 g/mol. The first-order valence-corrected chi connectivity index (χ1v) is 8.97. The molecule has 142 valence electrons. The highest BCUT2D eigenvalue weighted by Crippen LogP contribution is 2.22. The monoisotopic (exact) mass is 388 g/mol. The lowest BCUT2D eigenvalue weighted by atomic mass is 10.2. The van der Waals surface area contributed by atoms with E-state index in [1.165, 1.54) is 0 Å². The fourth-order valence-electron chi connectivity index (χ4n) is 2.61. The van der Waals surface area contributed by atoms with Crippen LogP contribution in [0.25, 0.3) is 0 Å². The molecule has 1 N–H and O–H groups in total. The van der Waals surface area contributed by atoms with E-state index in [0.29, 0.717) is 24.8 Å². The van der Waals surface area contributed by atoms with Gasteiger partial charge >= 0.3 is 0 Å². The standard InChI is InChI=1S/C20H21ClN2O4/c1-20(26-9-10-27-20)12-19(24)23-22-13-15-5-7-18(8-6-15)25-14-16-3-2-4-17(21)11-16/h2-8,11,13H,9-10,12,14H2,1H3,(H,23,24)/b22-13-. The zero-order valence-electron chi connectivity index (χ0n) is 15.0. The molecule has 0 aliphatic carbocycles. The molecule has 0 radical (unpaired) electrons. The van der Waals surface area contributed by atoms with Crippen molar-refractivity contribution < 1.29 is 19.0 Å². The Morgan fingerprint density at radius 2 is 2.00 bits per heavy atom. The Hall–Kier alpha value is -2.41. The summed E-state index contributed by atoms with van der Waals surface area (Å²) in [7, 11) is 0. The molecule has 2 aromatic rings. The lowest BCUT2D eigenvalue weighted by Gasteiger charge is -2.20. The second kappa shape index (κ2) is 8.99. The van der Waals surface area contributed by atoms with Gasteiger partial charge < -0.3 is 14.2 Å². The van der Waals surface area contributed by atoms with Crippen LogP contribution in [0.1, 0.15) is 24.5 Å². The number of carbonyl (C=O) groups excluding carboxylic acids is 1. The summed E-state index contributed by atoms with van der Waals surface area (Å²) < 4.78 is 16.5. The minimum absolute atomic E-state index is 0.0978. The number of carbonyl (C=O) groups is 1. The van der Waals surface area contributed by atoms with E-state index in [2.05, 4.69) is 10.5 Å². The third-order valence-corrected chi connectivity index (χ3v) is 4.19. The molecule has 1 saturated heterocycles. The quantitative estimate of drug-likeness (QED) is 0.582. The van der Waals surface area contributed by atoms with E-state index in [1.54, 1.807) is 13.1 Å². The van der Waals surface area contributed by atoms with E-state index in [-0.39, 0.29) is 12.3 Å². The van der Waals surface area contributed by atoms with Gasteiger partial charge in [-0.3, -0.25) is 4.79 Å². The Morgan fingerprint density at radius 1 is 1.26 bits per heavy atom. The number of nitrogens with zero attached hydrogens (tertiary/aromatic N) is 1. The summed E-state index contributed by atoms with van der Waals surface area (Å²) >= 11 is 5.96. The fraction of sp³-hybridized carbons (Fsp3) is 0.300. The molecule has 27 heavy (non-hydrogen) atoms. The second-order valence-electron chi connectivity index (χ2n) is 6.29. The molecule has 2 aromatic carbocycles. The van der Waals surface area contributed by atoms with Crippen LogP contribution < -0.4 is 10.2 Å². The van der Waals surface area contributed by atoms with Crippen LogP contribution in [0, 0.1) is 0 Å². The molecular formula is C20H21ClN2O4. The third-order valence-electron chi connectivity index (χ3n) is 3.96. The molecule has 1 fully saturated rings. The van der Waals surface area contributed by atoms with Gasteiger partial charge in [0.15, 0.2) is 5.79 Å². The molecule has 0 unspecified atom stereocenters. The minimum atomic E-state index is -0.860. The predicted octanol–water partition coefficient (Wildman–Crippen LogP) is 3.52. The maximum absolute atomic E-state index is 11.9. The minimum Gasteiger partial charge on any atom is -0.489 e. The Bertz CT molecular complexity index is 802. The molecule has 0 saturated carbocycles. The van der Waals surface area contributed by atoms with Gasteiger partial charge in [0.25, 0.3) is 0 Å². The molecule has 0 bridgehead atoms. The molecule has 1 aliphatic rings. The summed E-state index contributed by atoms with van der Waals surface area (Å²) in [4.78, 5) is 11.9. The molecule has 1 amide bonds. The van der Waals surface area contributed by atoms with Gasteiger partial charge in [-0.2, -0.15) is 5.10 Å². The van der Waals surface area contributed by atoms with E-state index in [0.717, 1.165) is 16.9 Å². The zero-order chi connectivity index (χ0) is 19.1. The van der Waals surface area contributed by atoms with Crippen LogP contribution in [0.15, 0.2) is 53.6 Å². The molecule has 1 heterocycles. The molecule has 1 aliphatic heterocycles. The number of halogens is 1. The van der Waals surface area contributed by atoms with Crippen LogP contribution in [0.3, 0.4) is 0 Å². The van der Waals surface area contributed by atoms with Gasteiger partial charge in [0.05, 0.1) is 25.8 Å². The Labute approximate surface area is 163 Å². The number of amides is 1. The van der Waals surface area contributed by atoms with Gasteiger partial charge in [-0.25, -0.2) is 5.43 Å². The number of ether oxygens (including phenoxy) is 3. The molecule has 0 aromatic heterocycles. The first-order valence-electron chi connectivity index (χ1n) is 8.60. The topological polar surface area (TPSA) is 69.2 Å². The summed E-state index contributed by atoms with van der Waals surface area (Å²) in [5, 5.41) is 4.64. The van der Waals surface area contributed by atoms with Gasteiger partial charge in [-0.15, -0.1) is 0 Å². The largest absolute Gasteiger partial charge is 0.489 e. The van der Waals surface area contributed by atoms with Crippen molar-refractivity contribution >= 4 is 23.7 Å². The van der Waals surface area contributed by atoms with E-state index in [1.807, 2.05) is 48.5 Å². The Morgan fingerprint density at radius 3 is 2.70 bits per heavy atom. The second-order valence-corrected chi connectivity index (χ2v) is 6.72. The number of hydrogen-bond donors (Lipinski definition) is 1. The molecule has 7 heteroatoms. The zero-order valence-corrected chi connectivity index (χ0v) is 15.7. The number of nitrogens with one attached hydrogen (secondary N) is 1. The summed E-state index contributed by atoms with van der Waals surface area (Å²) in [5.41, 5.74) is 4.31. The van der Waals surface area contributed by atoms with Crippen LogP contribution in [0.4, 0.5) is 0 Å². The summed E-state index contributed by atoms with van der Waals surface area (Å²) in [6, 6.07) is 14.9. The van der Waals surface area contributed by atoms with Crippen molar-refractivity contribution in [2.45, 2.75) is 25.7 Å². The molecule has 0 spiro atoms. The Balaban J connectivity index is 1.45. The van der Waals surface area contributed by atoms with Crippen LogP contribution in [-0.2, 0) is 20.9 Å². The highest BCUT2D eigenvalue weighted by atomic mass is 35.5. The van der Waals surface area contributed by atoms with Gasteiger partial charge in [-0.1, -0.05) is 23.7 Å². The lowest BCUT2D eigenvalue weighted by molar-refractivity contribution is -0.159. The Kier molecular flexibility index (Phi) is 6.45. The van der Waals surface area contributed by atoms with Gasteiger partial charge in [0, 0.05) is 5.02 Å². The first kappa shape index (κ1) is 19.4. The average molecular weight is 389 g/mol. The maximum atomic E-state index is 11.9. The smallest absolute Gasteiger partial charge is 0.245 e. The van der Waals surface area contributed by atoms with Gasteiger partial charge in [-0.05, 0) is 54.4 Å². The van der Waals surface area contributed by atoms with Crippen molar-refractivity contribution in [3.05, 3.63) is 64.7 Å². The predicted molar refractivity (Wildman–Crippen MR) is 103 cm³/mol. The number of hydrazone groups is 1. The lowest BCUT2D eigenvalue weighted by Crippen LogP contribution is -2.33. The van der Waals surface area contributed by atoms with E-state index < -0.39 is 5.79 Å². The van der Waals surface area contributed by atoms with Crippen molar-refractivity contribution in [1.82, 2.24) is 5.43 Å². The van der Waals surface area contributed by atoms with E-state index in [4.69, 9.17) is 25.8 Å². The van der Waals surface area contributed by atoms with Crippen molar-refractivity contribution in [2.24, 2.45) is 5.10 Å². The summed E-state index contributed by atoms with van der Waals surface area (Å²) in [6.45, 7) is 3.18. The third kappa shape index (κ3) is 6.06. The van der Waals surface area contributed by atoms with Crippen molar-refractivity contribution in [2.75, 3.05) is 13.2 Å². The summed E-state index contributed by atoms with van der Waals surface area (Å²) in [5.74, 6) is -0.390. The highest BCUT2D eigenvalue weighted by Gasteiger charge is 2.33. The van der Waals surface area contributed by atoms with Crippen LogP contribution in [-0.4, -0.2) is 31.1 Å². The normalized spacial score (nSPS) is 15.8. The van der Waals surface area contributed by atoms with E-state index >= 15 is 0 Å². The van der Waals surface area contributed by atoms with Crippen LogP contribution in [0.5, 0.6) is 5.75 Å². The van der Waals surface area contributed by atoms with Gasteiger partial charge in [0.1, 0.15) is 12.4 Å². The molecule has 0 atom stereocenters. The first-order chi connectivity index (χ1) is 13.0. The van der Waals surface area contributed by atoms with Crippen LogP contribution in [0.2, 0.25) is 5.02 Å². The maximum Gasteiger partial charge on any atom is 0.245 e. The molecule has 6 nitrogen and oxygen atoms in total. The molecule has 3 rings (SSSR count). The van der Waals surface area contributed by atoms with Gasteiger partial charge in [0.2, 0.25) is 5.91 Å². The van der Waals surface area contributed by atoms with Crippen molar-refractivity contribution in [3.63, 3.8) is 0 Å². The summed E-state index contributed by atoms with van der Waals surface area (Å²) in [6.07, 6.45) is 1.66. The van der Waals surface area contributed by atoms with E-state index in [9.17, 15) is 4.79 Å². The number of hydrogen-bond acceptors (Lipinski definition) is 5. The highest BCUT2D eigenvalue weighted by molar-refractivity contribution is 6.30. The fourth-order valence-corrected chi connectivity index (χ4v) is 2.83. The van der Waals surface area contributed by atoms with Crippen molar-refractivity contribution in [3.8, 4) is 5.75 Å². The number of rotatable bonds is 7.